The van der Waals surface area contributed by atoms with Gasteiger partial charge in [0.15, 0.2) is 18.7 Å². The number of allylic oxidation sites excluding steroid dienone is 2. The highest BCUT2D eigenvalue weighted by Crippen LogP contribution is 2.76. The van der Waals surface area contributed by atoms with E-state index in [0.717, 1.165) is 44.9 Å². The lowest BCUT2D eigenvalue weighted by Gasteiger charge is -2.71. The van der Waals surface area contributed by atoms with Crippen molar-refractivity contribution in [3.63, 3.8) is 0 Å². The van der Waals surface area contributed by atoms with Crippen molar-refractivity contribution in [3.05, 3.63) is 11.6 Å². The number of fused-ring (bicyclic) bond motifs is 7. The second kappa shape index (κ2) is 14.7. The van der Waals surface area contributed by atoms with E-state index >= 15 is 0 Å². The second-order valence-corrected chi connectivity index (χ2v) is 20.5. The molecule has 0 spiro atoms. The fraction of sp³-hybridized carbons (Fsp3) is 0.905. The summed E-state index contributed by atoms with van der Waals surface area (Å²) in [6.45, 7) is 12.7. The zero-order chi connectivity index (χ0) is 41.8. The van der Waals surface area contributed by atoms with Gasteiger partial charge in [-0.2, -0.15) is 0 Å². The molecule has 0 aromatic carbocycles. The van der Waals surface area contributed by atoms with Gasteiger partial charge in [-0.3, -0.25) is 4.79 Å². The predicted octanol–water partition coefficient (Wildman–Crippen LogP) is 1.95. The minimum Gasteiger partial charge on any atom is -0.481 e. The third-order valence-corrected chi connectivity index (χ3v) is 17.4. The number of ether oxygens (including phenoxy) is 4. The Hall–Kier alpha value is -1.76. The lowest BCUT2D eigenvalue weighted by Crippen LogP contribution is -2.67. The van der Waals surface area contributed by atoms with Crippen molar-refractivity contribution in [3.8, 4) is 0 Å². The fourth-order valence-corrected chi connectivity index (χ4v) is 13.7. The van der Waals surface area contributed by atoms with Crippen LogP contribution in [0.3, 0.4) is 0 Å². The summed E-state index contributed by atoms with van der Waals surface area (Å²) in [4.78, 5) is 24.8. The Kier molecular flexibility index (Phi) is 11.2. The third kappa shape index (κ3) is 6.39. The maximum absolute atomic E-state index is 13.1. The molecule has 19 atom stereocenters. The highest BCUT2D eigenvalue weighted by molar-refractivity contribution is 5.76. The van der Waals surface area contributed by atoms with Gasteiger partial charge in [0.05, 0.1) is 24.7 Å². The van der Waals surface area contributed by atoms with Crippen molar-refractivity contribution in [1.82, 2.24) is 0 Å². The van der Waals surface area contributed by atoms with E-state index in [9.17, 15) is 55.5 Å². The van der Waals surface area contributed by atoms with Gasteiger partial charge in [-0.1, -0.05) is 53.2 Å². The summed E-state index contributed by atoms with van der Waals surface area (Å²) in [5, 5.41) is 95.4. The molecule has 0 amide bonds. The van der Waals surface area contributed by atoms with Gasteiger partial charge in [0.2, 0.25) is 0 Å². The molecule has 7 aliphatic rings. The molecule has 0 unspecified atom stereocenters. The zero-order valence-corrected chi connectivity index (χ0v) is 34.1. The molecule has 2 heterocycles. The maximum Gasteiger partial charge on any atom is 0.335 e. The van der Waals surface area contributed by atoms with Crippen LogP contribution in [0.25, 0.3) is 0 Å². The van der Waals surface area contributed by atoms with Crippen LogP contribution < -0.4 is 0 Å². The highest BCUT2D eigenvalue weighted by atomic mass is 16.7. The highest BCUT2D eigenvalue weighted by Gasteiger charge is 2.70. The summed E-state index contributed by atoms with van der Waals surface area (Å²) in [5.74, 6) is -2.08. The van der Waals surface area contributed by atoms with Crippen LogP contribution in [-0.2, 0) is 28.5 Å². The molecule has 0 aromatic rings. The molecule has 7 rings (SSSR count). The lowest BCUT2D eigenvalue weighted by molar-refractivity contribution is -0.368. The van der Waals surface area contributed by atoms with Crippen molar-refractivity contribution in [2.24, 2.45) is 50.2 Å². The molecule has 57 heavy (non-hydrogen) atoms. The van der Waals surface area contributed by atoms with Crippen molar-refractivity contribution < 1.29 is 74.5 Å². The van der Waals surface area contributed by atoms with Crippen LogP contribution >= 0.6 is 0 Å². The van der Waals surface area contributed by atoms with Crippen molar-refractivity contribution >= 4 is 11.9 Å². The summed E-state index contributed by atoms with van der Waals surface area (Å²) in [6.07, 6.45) is -8.33. The molecule has 2 saturated heterocycles. The van der Waals surface area contributed by atoms with Crippen LogP contribution in [0.5, 0.6) is 0 Å². The summed E-state index contributed by atoms with van der Waals surface area (Å²) < 4.78 is 23.4. The SMILES string of the molecule is CC1(C)CC[C@]2(C(=O)O)CC[C@]3(C)C(=CC[C@@H]4[C@@]5(C)CC[C@H](O[C@@H]6O[C@H](CO)[C@H](O)[C@H](O[C@@H]7O[C@H](C(=O)O)[C@@H](O)[C@H](O)[C@H]7O)[C@H]6O)[C@@](C)(CO)[C@@H]5CC[C@]43C)[C@@H]2C1. The first kappa shape index (κ1) is 43.3. The fourth-order valence-electron chi connectivity index (χ4n) is 13.7. The van der Waals surface area contributed by atoms with Crippen LogP contribution in [0.1, 0.15) is 106 Å². The van der Waals surface area contributed by atoms with Gasteiger partial charge in [0, 0.05) is 5.41 Å². The molecule has 4 saturated carbocycles. The van der Waals surface area contributed by atoms with Crippen molar-refractivity contribution in [2.45, 2.75) is 173 Å². The number of hydrogen-bond donors (Lipinski definition) is 9. The number of rotatable bonds is 8. The maximum atomic E-state index is 13.1. The summed E-state index contributed by atoms with van der Waals surface area (Å²) in [6, 6.07) is 0. The van der Waals surface area contributed by atoms with Crippen molar-refractivity contribution in [1.29, 1.82) is 0 Å². The molecule has 9 N–H and O–H groups in total. The first-order valence-corrected chi connectivity index (χ1v) is 21.0. The van der Waals surface area contributed by atoms with E-state index in [1.54, 1.807) is 0 Å². The normalized spacial score (nSPS) is 53.3. The second-order valence-electron chi connectivity index (χ2n) is 20.5. The molecule has 0 bridgehead atoms. The van der Waals surface area contributed by atoms with E-state index in [-0.39, 0.29) is 46.0 Å². The molecular formula is C42H66O15. The van der Waals surface area contributed by atoms with Gasteiger partial charge < -0.3 is 64.9 Å². The molecular weight excluding hydrogens is 744 g/mol. The predicted molar refractivity (Wildman–Crippen MR) is 200 cm³/mol. The standard InChI is InChI=1S/C42H66O15/c1-37(2)13-15-42(36(52)53)16-14-40(5)20(21(42)17-37)7-8-24-38(3)11-10-25(39(4,19-44)23(38)9-12-41(24,40)6)55-35-30(49)31(26(45)22(18-43)54-35)56-34-29(48)27(46)28(47)32(57-34)33(50)51/h7,21-32,34-35,43-49H,8-19H2,1-6H3,(H,50,51)(H,52,53)/t21-,22+,23+,24+,25-,26-,27-,28-,29+,30+,31-,32-,34+,35-,38-,39-,40+,41+,42-/m0/s1. The number of carboxylic acids is 2. The smallest absolute Gasteiger partial charge is 0.335 e. The van der Waals surface area contributed by atoms with Crippen LogP contribution in [0.15, 0.2) is 11.6 Å². The molecule has 0 aromatic heterocycles. The number of aliphatic carboxylic acids is 2. The topological polar surface area (TPSA) is 253 Å². The number of carboxylic acid groups (broad SMARTS) is 2. The monoisotopic (exact) mass is 810 g/mol. The Bertz CT molecular complexity index is 1590. The Morgan fingerprint density at radius 3 is 2.05 bits per heavy atom. The quantitative estimate of drug-likeness (QED) is 0.126. The third-order valence-electron chi connectivity index (χ3n) is 17.4. The molecule has 0 radical (unpaired) electrons. The van der Waals surface area contributed by atoms with E-state index in [1.807, 2.05) is 6.92 Å². The Balaban J connectivity index is 1.13. The average Bonchev–Trinajstić information content (AvgIpc) is 3.15. The van der Waals surface area contributed by atoms with E-state index in [4.69, 9.17) is 18.9 Å². The van der Waals surface area contributed by atoms with Gasteiger partial charge in [-0.05, 0) is 104 Å². The number of carbonyl (C=O) groups is 2. The lowest BCUT2D eigenvalue weighted by atomic mass is 9.33. The Morgan fingerprint density at radius 1 is 0.754 bits per heavy atom. The van der Waals surface area contributed by atoms with E-state index in [0.29, 0.717) is 19.3 Å². The van der Waals surface area contributed by atoms with Crippen LogP contribution in [0, 0.1) is 50.2 Å². The molecule has 6 fully saturated rings. The van der Waals surface area contributed by atoms with Crippen LogP contribution in [0.4, 0.5) is 0 Å². The molecule has 15 heteroatoms. The Labute approximate surface area is 334 Å². The number of aliphatic hydroxyl groups excluding tert-OH is 7. The summed E-state index contributed by atoms with van der Waals surface area (Å²) >= 11 is 0. The molecule has 5 aliphatic carbocycles. The van der Waals surface area contributed by atoms with Gasteiger partial charge in [0.25, 0.3) is 0 Å². The largest absolute Gasteiger partial charge is 0.481 e. The van der Waals surface area contributed by atoms with E-state index in [1.165, 1.54) is 5.57 Å². The number of hydrogen-bond acceptors (Lipinski definition) is 13. The zero-order valence-electron chi connectivity index (χ0n) is 34.1. The molecule has 2 aliphatic heterocycles. The summed E-state index contributed by atoms with van der Waals surface area (Å²) in [7, 11) is 0. The first-order chi connectivity index (χ1) is 26.5. The van der Waals surface area contributed by atoms with Gasteiger partial charge >= 0.3 is 11.9 Å². The van der Waals surface area contributed by atoms with Crippen LogP contribution in [-0.4, -0.2) is 139 Å². The van der Waals surface area contributed by atoms with Gasteiger partial charge in [0.1, 0.15) is 42.7 Å². The Morgan fingerprint density at radius 2 is 1.42 bits per heavy atom. The summed E-state index contributed by atoms with van der Waals surface area (Å²) in [5.41, 5.74) is -0.695. The van der Waals surface area contributed by atoms with Gasteiger partial charge in [-0.25, -0.2) is 4.79 Å². The molecule has 15 nitrogen and oxygen atoms in total. The van der Waals surface area contributed by atoms with Crippen LogP contribution in [0.2, 0.25) is 0 Å². The van der Waals surface area contributed by atoms with Crippen molar-refractivity contribution in [2.75, 3.05) is 13.2 Å². The van der Waals surface area contributed by atoms with E-state index < -0.39 is 96.9 Å². The first-order valence-electron chi connectivity index (χ1n) is 21.0. The minimum atomic E-state index is -1.98. The average molecular weight is 811 g/mol. The van der Waals surface area contributed by atoms with Gasteiger partial charge in [-0.15, -0.1) is 0 Å². The molecule has 324 valence electrons. The minimum absolute atomic E-state index is 0.00756. The number of aliphatic hydroxyl groups is 7. The van der Waals surface area contributed by atoms with E-state index in [2.05, 4.69) is 40.7 Å².